The number of unbranched alkanes of at least 4 members (excludes halogenated alkanes) is 1. The van der Waals surface area contributed by atoms with Crippen molar-refractivity contribution in [1.29, 1.82) is 0 Å². The quantitative estimate of drug-likeness (QED) is 0.356. The number of aromatic nitrogens is 1. The van der Waals surface area contributed by atoms with Crippen molar-refractivity contribution in [3.63, 3.8) is 0 Å². The Morgan fingerprint density at radius 2 is 1.59 bits per heavy atom. The molecule has 1 heterocycles. The van der Waals surface area contributed by atoms with Gasteiger partial charge in [-0.1, -0.05) is 35.3 Å². The molecule has 3 N–H and O–H groups in total. The third kappa shape index (κ3) is 3.50. The summed E-state index contributed by atoms with van der Waals surface area (Å²) in [6.07, 6.45) is 11.8. The van der Waals surface area contributed by atoms with E-state index < -0.39 is 0 Å². The van der Waals surface area contributed by atoms with Gasteiger partial charge in [-0.3, -0.25) is 0 Å². The van der Waals surface area contributed by atoms with Crippen LogP contribution < -0.4 is 5.73 Å². The zero-order valence-corrected chi connectivity index (χ0v) is 20.1. The van der Waals surface area contributed by atoms with Crippen molar-refractivity contribution in [2.24, 2.45) is 23.5 Å². The summed E-state index contributed by atoms with van der Waals surface area (Å²) in [4.78, 5) is 3.72. The van der Waals surface area contributed by atoms with Gasteiger partial charge in [-0.2, -0.15) is 0 Å². The van der Waals surface area contributed by atoms with Crippen LogP contribution in [-0.4, -0.2) is 11.5 Å². The molecule has 7 rings (SSSR count). The Bertz CT molecular complexity index is 1130. The van der Waals surface area contributed by atoms with Gasteiger partial charge < -0.3 is 10.7 Å². The van der Waals surface area contributed by atoms with Gasteiger partial charge in [0.1, 0.15) is 0 Å². The zero-order chi connectivity index (χ0) is 21.9. The van der Waals surface area contributed by atoms with Crippen molar-refractivity contribution >= 4 is 34.1 Å². The van der Waals surface area contributed by atoms with Crippen LogP contribution in [0.3, 0.4) is 0 Å². The monoisotopic (exact) mass is 466 g/mol. The standard InChI is InChI=1S/C28H32Cl2N2/c29-24-6-4-20(12-25(24)30)27-22(3-1-2-8-31)23-13-21(5-7-26(23)32-27)28-14-17-9-18(15-28)11-19(10-17)16-28/h4-7,12-13,17-19,32H,1-3,8-11,14-16,31H2. The first-order valence-corrected chi connectivity index (χ1v) is 13.1. The van der Waals surface area contributed by atoms with E-state index in [0.29, 0.717) is 15.5 Å². The Morgan fingerprint density at radius 3 is 2.25 bits per heavy atom. The minimum atomic E-state index is 0.415. The van der Waals surface area contributed by atoms with E-state index >= 15 is 0 Å². The summed E-state index contributed by atoms with van der Waals surface area (Å²) >= 11 is 12.6. The van der Waals surface area contributed by atoms with E-state index in [0.717, 1.165) is 49.1 Å². The summed E-state index contributed by atoms with van der Waals surface area (Å²) in [5.74, 6) is 2.87. The number of nitrogens with two attached hydrogens (primary N) is 1. The fraction of sp³-hybridized carbons (Fsp3) is 0.500. The molecule has 2 aromatic carbocycles. The van der Waals surface area contributed by atoms with Gasteiger partial charge in [0.05, 0.1) is 10.0 Å². The number of rotatable bonds is 6. The summed E-state index contributed by atoms with van der Waals surface area (Å²) < 4.78 is 0. The molecule has 2 nitrogen and oxygen atoms in total. The SMILES string of the molecule is NCCCCc1c(-c2ccc(Cl)c(Cl)c2)[nH]c2ccc(C34CC5CC(CC(C5)C3)C4)cc12. The number of benzene rings is 2. The fourth-order valence-corrected chi connectivity index (χ4v) is 7.94. The first kappa shape index (κ1) is 21.1. The van der Waals surface area contributed by atoms with Gasteiger partial charge in [0.15, 0.2) is 0 Å². The average Bonchev–Trinajstić information content (AvgIpc) is 3.13. The van der Waals surface area contributed by atoms with E-state index in [1.54, 1.807) is 5.56 Å². The third-order valence-corrected chi connectivity index (χ3v) is 9.38. The molecule has 4 heteroatoms. The second-order valence-electron chi connectivity index (χ2n) is 10.8. The maximum absolute atomic E-state index is 6.38. The van der Waals surface area contributed by atoms with Gasteiger partial charge in [-0.15, -0.1) is 0 Å². The van der Waals surface area contributed by atoms with E-state index in [1.807, 2.05) is 12.1 Å². The minimum absolute atomic E-state index is 0.415. The summed E-state index contributed by atoms with van der Waals surface area (Å²) in [6, 6.07) is 13.3. The lowest BCUT2D eigenvalue weighted by Gasteiger charge is -2.57. The van der Waals surface area contributed by atoms with E-state index in [-0.39, 0.29) is 0 Å². The molecule has 1 aromatic heterocycles. The van der Waals surface area contributed by atoms with Crippen LogP contribution in [0.1, 0.15) is 62.5 Å². The summed E-state index contributed by atoms with van der Waals surface area (Å²) in [5, 5.41) is 2.58. The largest absolute Gasteiger partial charge is 0.354 e. The second-order valence-corrected chi connectivity index (χ2v) is 11.6. The zero-order valence-electron chi connectivity index (χ0n) is 18.6. The molecule has 32 heavy (non-hydrogen) atoms. The number of fused-ring (bicyclic) bond motifs is 1. The lowest BCUT2D eigenvalue weighted by atomic mass is 9.48. The van der Waals surface area contributed by atoms with Crippen LogP contribution in [0.2, 0.25) is 10.0 Å². The molecule has 3 aromatic rings. The second kappa shape index (κ2) is 8.08. The Labute approximate surface area is 200 Å². The van der Waals surface area contributed by atoms with Crippen LogP contribution in [0, 0.1) is 17.8 Å². The molecule has 0 radical (unpaired) electrons. The lowest BCUT2D eigenvalue weighted by molar-refractivity contribution is -0.00513. The molecular formula is C28H32Cl2N2. The van der Waals surface area contributed by atoms with Gasteiger partial charge in [0.25, 0.3) is 0 Å². The van der Waals surface area contributed by atoms with E-state index in [4.69, 9.17) is 28.9 Å². The molecule has 0 amide bonds. The van der Waals surface area contributed by atoms with Gasteiger partial charge in [0.2, 0.25) is 0 Å². The molecule has 0 atom stereocenters. The molecule has 4 aliphatic rings. The van der Waals surface area contributed by atoms with Gasteiger partial charge in [0, 0.05) is 16.6 Å². The molecule has 0 unspecified atom stereocenters. The van der Waals surface area contributed by atoms with Crippen LogP contribution in [0.5, 0.6) is 0 Å². The summed E-state index contributed by atoms with van der Waals surface area (Å²) in [6.45, 7) is 0.739. The highest BCUT2D eigenvalue weighted by atomic mass is 35.5. The molecule has 0 saturated heterocycles. The van der Waals surface area contributed by atoms with E-state index in [2.05, 4.69) is 29.2 Å². The summed E-state index contributed by atoms with van der Waals surface area (Å²) in [7, 11) is 0. The molecule has 0 aliphatic heterocycles. The first-order valence-electron chi connectivity index (χ1n) is 12.4. The molecule has 4 aliphatic carbocycles. The third-order valence-electron chi connectivity index (χ3n) is 8.65. The average molecular weight is 467 g/mol. The number of hydrogen-bond donors (Lipinski definition) is 2. The van der Waals surface area contributed by atoms with Crippen LogP contribution in [0.15, 0.2) is 36.4 Å². The summed E-state index contributed by atoms with van der Waals surface area (Å²) in [5.41, 5.74) is 12.7. The number of H-pyrrole nitrogens is 1. The smallest absolute Gasteiger partial charge is 0.0599 e. The molecular weight excluding hydrogens is 435 g/mol. The van der Waals surface area contributed by atoms with E-state index in [9.17, 15) is 0 Å². The number of hydrogen-bond acceptors (Lipinski definition) is 1. The maximum atomic E-state index is 6.38. The lowest BCUT2D eigenvalue weighted by Crippen LogP contribution is -2.48. The van der Waals surface area contributed by atoms with Crippen molar-refractivity contribution in [2.75, 3.05) is 6.54 Å². The molecule has 4 fully saturated rings. The number of halogens is 2. The predicted molar refractivity (Wildman–Crippen MR) is 136 cm³/mol. The normalized spacial score (nSPS) is 28.7. The van der Waals surface area contributed by atoms with Crippen LogP contribution in [0.4, 0.5) is 0 Å². The highest BCUT2D eigenvalue weighted by Gasteiger charge is 2.51. The maximum Gasteiger partial charge on any atom is 0.0599 e. The highest BCUT2D eigenvalue weighted by Crippen LogP contribution is 2.61. The molecule has 0 spiro atoms. The van der Waals surface area contributed by atoms with Gasteiger partial charge in [-0.05, 0) is 128 Å². The van der Waals surface area contributed by atoms with Crippen molar-refractivity contribution < 1.29 is 0 Å². The minimum Gasteiger partial charge on any atom is -0.354 e. The Balaban J connectivity index is 1.45. The number of nitrogens with one attached hydrogen (secondary N) is 1. The highest BCUT2D eigenvalue weighted by molar-refractivity contribution is 6.42. The molecule has 168 valence electrons. The van der Waals surface area contributed by atoms with Gasteiger partial charge >= 0.3 is 0 Å². The fourth-order valence-electron chi connectivity index (χ4n) is 7.65. The number of aromatic amines is 1. The molecule has 4 saturated carbocycles. The predicted octanol–water partition coefficient (Wildman–Crippen LogP) is 7.89. The van der Waals surface area contributed by atoms with Gasteiger partial charge in [-0.25, -0.2) is 0 Å². The van der Waals surface area contributed by atoms with Crippen LogP contribution >= 0.6 is 23.2 Å². The van der Waals surface area contributed by atoms with Crippen molar-refractivity contribution in [3.8, 4) is 11.3 Å². The van der Waals surface area contributed by atoms with Crippen LogP contribution in [0.25, 0.3) is 22.2 Å². The number of aryl methyl sites for hydroxylation is 1. The van der Waals surface area contributed by atoms with Crippen molar-refractivity contribution in [3.05, 3.63) is 57.6 Å². The Morgan fingerprint density at radius 1 is 0.875 bits per heavy atom. The van der Waals surface area contributed by atoms with E-state index in [1.165, 1.54) is 60.7 Å². The topological polar surface area (TPSA) is 41.8 Å². The van der Waals surface area contributed by atoms with Crippen molar-refractivity contribution in [2.45, 2.75) is 63.2 Å². The Hall–Kier alpha value is -1.48. The van der Waals surface area contributed by atoms with Crippen LogP contribution in [-0.2, 0) is 11.8 Å². The van der Waals surface area contributed by atoms with Crippen molar-refractivity contribution in [1.82, 2.24) is 4.98 Å². The first-order chi connectivity index (χ1) is 15.5. The Kier molecular flexibility index (Phi) is 5.32. The molecule has 4 bridgehead atoms.